The highest BCUT2D eigenvalue weighted by atomic mass is 35.5. The van der Waals surface area contributed by atoms with Crippen molar-refractivity contribution in [2.45, 2.75) is 22.9 Å². The molecular formula is C23H19ClF3N3O3S2. The lowest BCUT2D eigenvalue weighted by molar-refractivity contribution is -0.139. The fraction of sp³-hybridized carbons (Fsp3) is 0.261. The molecule has 3 aromatic rings. The van der Waals surface area contributed by atoms with Gasteiger partial charge in [-0.1, -0.05) is 23.7 Å². The highest BCUT2D eigenvalue weighted by Crippen LogP contribution is 2.41. The van der Waals surface area contributed by atoms with Crippen molar-refractivity contribution in [3.05, 3.63) is 64.0 Å². The number of nitrogens with zero attached hydrogens (tertiary/aromatic N) is 2. The van der Waals surface area contributed by atoms with Crippen LogP contribution in [0, 0.1) is 11.3 Å². The molecule has 2 aromatic carbocycles. The summed E-state index contributed by atoms with van der Waals surface area (Å²) in [7, 11) is -2.31. The average molecular weight is 542 g/mol. The van der Waals surface area contributed by atoms with Gasteiger partial charge in [0.2, 0.25) is 0 Å². The van der Waals surface area contributed by atoms with Gasteiger partial charge >= 0.3 is 6.18 Å². The monoisotopic (exact) mass is 541 g/mol. The number of thiophene rings is 1. The highest BCUT2D eigenvalue weighted by Gasteiger charge is 2.36. The average Bonchev–Trinajstić information content (AvgIpc) is 3.38. The van der Waals surface area contributed by atoms with Crippen LogP contribution in [-0.4, -0.2) is 39.6 Å². The molecule has 0 radical (unpaired) electrons. The summed E-state index contributed by atoms with van der Waals surface area (Å²) in [4.78, 5) is 1.94. The van der Waals surface area contributed by atoms with Crippen LogP contribution < -0.4 is 9.46 Å². The maximum Gasteiger partial charge on any atom is 0.419 e. The van der Waals surface area contributed by atoms with Crippen molar-refractivity contribution >= 4 is 38.6 Å². The van der Waals surface area contributed by atoms with Gasteiger partial charge in [0.1, 0.15) is 20.4 Å². The number of halogens is 4. The number of anilines is 1. The van der Waals surface area contributed by atoms with Crippen molar-refractivity contribution in [2.24, 2.45) is 0 Å². The first-order chi connectivity index (χ1) is 16.5. The number of benzene rings is 2. The van der Waals surface area contributed by atoms with E-state index in [-0.39, 0.29) is 14.2 Å². The van der Waals surface area contributed by atoms with Gasteiger partial charge in [-0.3, -0.25) is 4.72 Å². The summed E-state index contributed by atoms with van der Waals surface area (Å²) < 4.78 is 74.7. The zero-order chi connectivity index (χ0) is 25.4. The van der Waals surface area contributed by atoms with E-state index >= 15 is 0 Å². The molecule has 1 unspecified atom stereocenters. The van der Waals surface area contributed by atoms with Gasteiger partial charge in [-0.15, -0.1) is 11.3 Å². The van der Waals surface area contributed by atoms with E-state index in [9.17, 15) is 21.6 Å². The van der Waals surface area contributed by atoms with E-state index in [1.165, 1.54) is 6.07 Å². The van der Waals surface area contributed by atoms with Crippen LogP contribution in [0.2, 0.25) is 4.34 Å². The molecule has 1 atom stereocenters. The number of hydrogen-bond acceptors (Lipinski definition) is 6. The third-order valence-electron chi connectivity index (χ3n) is 5.43. The maximum atomic E-state index is 13.5. The molecule has 1 aliphatic heterocycles. The fourth-order valence-corrected chi connectivity index (χ4v) is 6.51. The Morgan fingerprint density at radius 3 is 2.51 bits per heavy atom. The van der Waals surface area contributed by atoms with Crippen molar-refractivity contribution < 1.29 is 26.3 Å². The topological polar surface area (TPSA) is 82.4 Å². The number of likely N-dealkylation sites (N-methyl/N-ethyl adjacent to an activating group) is 1. The Morgan fingerprint density at radius 2 is 1.91 bits per heavy atom. The van der Waals surface area contributed by atoms with Crippen LogP contribution in [0.15, 0.2) is 52.7 Å². The van der Waals surface area contributed by atoms with Crippen molar-refractivity contribution in [1.82, 2.24) is 4.90 Å². The molecule has 35 heavy (non-hydrogen) atoms. The normalized spacial score (nSPS) is 16.7. The molecular weight excluding hydrogens is 523 g/mol. The van der Waals surface area contributed by atoms with Crippen LogP contribution in [0.3, 0.4) is 0 Å². The molecule has 0 spiro atoms. The van der Waals surface area contributed by atoms with Crippen LogP contribution in [-0.2, 0) is 16.2 Å². The lowest BCUT2D eigenvalue weighted by Gasteiger charge is -2.19. The maximum absolute atomic E-state index is 13.5. The number of nitrogens with one attached hydrogen (secondary N) is 1. The van der Waals surface area contributed by atoms with Gasteiger partial charge in [0.05, 0.1) is 22.9 Å². The number of ether oxygens (including phenoxy) is 1. The summed E-state index contributed by atoms with van der Waals surface area (Å²) in [6.45, 7) is 1.16. The molecule has 4 rings (SSSR count). The number of hydrogen-bond donors (Lipinski definition) is 1. The Hall–Kier alpha value is -2.78. The van der Waals surface area contributed by atoms with Crippen LogP contribution in [0.1, 0.15) is 17.5 Å². The Morgan fingerprint density at radius 1 is 1.20 bits per heavy atom. The Labute approximate surface area is 209 Å². The minimum absolute atomic E-state index is 0.0659. The number of rotatable bonds is 6. The Bertz CT molecular complexity index is 1380. The minimum atomic E-state index is -4.66. The van der Waals surface area contributed by atoms with Crippen molar-refractivity contribution in [3.63, 3.8) is 0 Å². The molecule has 12 heteroatoms. The first-order valence-electron chi connectivity index (χ1n) is 10.4. The van der Waals surface area contributed by atoms with E-state index in [0.29, 0.717) is 36.2 Å². The zero-order valence-electron chi connectivity index (χ0n) is 18.3. The molecule has 184 valence electrons. The summed E-state index contributed by atoms with van der Waals surface area (Å²) in [5.74, 6) is -0.430. The second kappa shape index (κ2) is 9.70. The summed E-state index contributed by atoms with van der Waals surface area (Å²) in [5, 5.41) is 8.94. The van der Waals surface area contributed by atoms with Crippen LogP contribution in [0.5, 0.6) is 5.75 Å². The van der Waals surface area contributed by atoms with Crippen LogP contribution in [0.4, 0.5) is 18.9 Å². The summed E-state index contributed by atoms with van der Waals surface area (Å²) in [5.41, 5.74) is 0.488. The second-order valence-electron chi connectivity index (χ2n) is 8.05. The highest BCUT2D eigenvalue weighted by molar-refractivity contribution is 7.94. The SMILES string of the molecule is CN1CCC(Oc2cc(NS(=O)(=O)c3cc(-c4ccc(C#N)cc4)c(Cl)s3)ccc2C(F)(F)F)C1. The van der Waals surface area contributed by atoms with E-state index in [2.05, 4.69) is 4.72 Å². The van der Waals surface area contributed by atoms with Gasteiger partial charge in [0, 0.05) is 24.7 Å². The molecule has 1 aliphatic rings. The second-order valence-corrected chi connectivity index (χ2v) is 11.6. The van der Waals surface area contributed by atoms with Gasteiger partial charge in [-0.2, -0.15) is 18.4 Å². The largest absolute Gasteiger partial charge is 0.488 e. The molecule has 1 N–H and O–H groups in total. The van der Waals surface area contributed by atoms with E-state index in [1.807, 2.05) is 18.0 Å². The van der Waals surface area contributed by atoms with Crippen molar-refractivity contribution in [2.75, 3.05) is 24.9 Å². The third-order valence-corrected chi connectivity index (χ3v) is 8.65. The molecule has 6 nitrogen and oxygen atoms in total. The van der Waals surface area contributed by atoms with Crippen molar-refractivity contribution in [1.29, 1.82) is 5.26 Å². The lowest BCUT2D eigenvalue weighted by Crippen LogP contribution is -2.23. The zero-order valence-corrected chi connectivity index (χ0v) is 20.7. The first kappa shape index (κ1) is 25.3. The number of nitriles is 1. The smallest absolute Gasteiger partial charge is 0.419 e. The molecule has 1 aromatic heterocycles. The molecule has 2 heterocycles. The Balaban J connectivity index is 1.61. The predicted molar refractivity (Wildman–Crippen MR) is 128 cm³/mol. The van der Waals surface area contributed by atoms with E-state index < -0.39 is 33.6 Å². The quantitative estimate of drug-likeness (QED) is 0.424. The van der Waals surface area contributed by atoms with Gasteiger partial charge in [0.25, 0.3) is 10.0 Å². The summed E-state index contributed by atoms with van der Waals surface area (Å²) in [6.07, 6.45) is -4.52. The molecule has 1 fully saturated rings. The number of likely N-dealkylation sites (tertiary alicyclic amines) is 1. The summed E-state index contributed by atoms with van der Waals surface area (Å²) >= 11 is 7.09. The molecule has 0 aliphatic carbocycles. The van der Waals surface area contributed by atoms with Crippen molar-refractivity contribution in [3.8, 4) is 22.9 Å². The molecule has 0 amide bonds. The van der Waals surface area contributed by atoms with Crippen LogP contribution in [0.25, 0.3) is 11.1 Å². The number of alkyl halides is 3. The summed E-state index contributed by atoms with van der Waals surface area (Å²) in [6, 6.07) is 12.7. The number of sulfonamides is 1. The molecule has 1 saturated heterocycles. The standard InChI is InChI=1S/C23H19ClF3N3O3S2/c1-30-9-8-17(13-30)33-20-10-16(6-7-19(20)23(25,26)27)29-35(31,32)21-11-18(22(24)34-21)15-4-2-14(12-28)3-5-15/h2-7,10-11,17,29H,8-9,13H2,1H3. The van der Waals surface area contributed by atoms with Gasteiger partial charge in [0.15, 0.2) is 0 Å². The third kappa shape index (κ3) is 5.73. The lowest BCUT2D eigenvalue weighted by atomic mass is 10.1. The molecule has 0 saturated carbocycles. The van der Waals surface area contributed by atoms with E-state index in [1.54, 1.807) is 24.3 Å². The fourth-order valence-electron chi connectivity index (χ4n) is 3.69. The van der Waals surface area contributed by atoms with E-state index in [4.69, 9.17) is 21.6 Å². The first-order valence-corrected chi connectivity index (χ1v) is 13.0. The van der Waals surface area contributed by atoms with Crippen LogP contribution >= 0.6 is 22.9 Å². The van der Waals surface area contributed by atoms with E-state index in [0.717, 1.165) is 29.5 Å². The Kier molecular flexibility index (Phi) is 7.02. The minimum Gasteiger partial charge on any atom is -0.488 e. The van der Waals surface area contributed by atoms with Gasteiger partial charge < -0.3 is 9.64 Å². The van der Waals surface area contributed by atoms with Gasteiger partial charge in [-0.05, 0) is 49.4 Å². The van der Waals surface area contributed by atoms with Gasteiger partial charge in [-0.25, -0.2) is 8.42 Å². The predicted octanol–water partition coefficient (Wildman–Crippen LogP) is 5.84. The molecule has 0 bridgehead atoms.